The number of hydrogen-bond acceptors (Lipinski definition) is 3. The zero-order chi connectivity index (χ0) is 17.5. The molecule has 5 aliphatic rings. The van der Waals surface area contributed by atoms with Crippen molar-refractivity contribution in [2.45, 2.75) is 62.9 Å². The molecule has 2 saturated carbocycles. The van der Waals surface area contributed by atoms with Crippen molar-refractivity contribution in [3.63, 3.8) is 0 Å². The van der Waals surface area contributed by atoms with Crippen LogP contribution in [0.4, 0.5) is 0 Å². The number of hydrogen-bond donors (Lipinski definition) is 1. The number of amides is 1. The number of carbonyl (C=O) groups excluding carboxylic acids is 1. The molecule has 4 heterocycles. The lowest BCUT2D eigenvalue weighted by molar-refractivity contribution is -0.00138. The number of piperidine rings is 3. The average molecular weight is 403 g/mol. The summed E-state index contributed by atoms with van der Waals surface area (Å²) < 4.78 is 1.35. The Hall–Kier alpha value is -1.10. The molecule has 144 valence electrons. The van der Waals surface area contributed by atoms with Gasteiger partial charge in [-0.15, -0.1) is 23.7 Å². The molecule has 0 radical (unpaired) electrons. The Morgan fingerprint density at radius 2 is 1.93 bits per heavy atom. The number of halogens is 1. The van der Waals surface area contributed by atoms with E-state index < -0.39 is 0 Å². The van der Waals surface area contributed by atoms with Crippen molar-refractivity contribution < 1.29 is 4.79 Å². The van der Waals surface area contributed by atoms with Gasteiger partial charge in [0.05, 0.1) is 10.9 Å². The minimum absolute atomic E-state index is 0. The highest BCUT2D eigenvalue weighted by Gasteiger charge is 2.60. The second kappa shape index (κ2) is 6.20. The maximum Gasteiger partial charge on any atom is 0.261 e. The molecule has 0 unspecified atom stereocenters. The minimum atomic E-state index is 0. The normalized spacial score (nSPS) is 30.3. The topological polar surface area (TPSA) is 32.3 Å². The lowest BCUT2D eigenvalue weighted by Crippen LogP contribution is -2.65. The largest absolute Gasteiger partial charge is 0.346 e. The van der Waals surface area contributed by atoms with Crippen LogP contribution in [0, 0.1) is 12.8 Å². The van der Waals surface area contributed by atoms with Gasteiger partial charge in [-0.2, -0.15) is 0 Å². The van der Waals surface area contributed by atoms with E-state index in [1.54, 1.807) is 11.3 Å². The molecule has 1 spiro atoms. The van der Waals surface area contributed by atoms with Crippen molar-refractivity contribution in [3.8, 4) is 0 Å². The Labute approximate surface area is 170 Å². The van der Waals surface area contributed by atoms with Crippen molar-refractivity contribution in [1.82, 2.24) is 10.2 Å². The Balaban J connectivity index is 0.00000160. The van der Waals surface area contributed by atoms with E-state index in [4.69, 9.17) is 0 Å². The summed E-state index contributed by atoms with van der Waals surface area (Å²) in [5, 5.41) is 4.74. The van der Waals surface area contributed by atoms with E-state index in [2.05, 4.69) is 35.3 Å². The maximum absolute atomic E-state index is 13.1. The maximum atomic E-state index is 13.1. The van der Waals surface area contributed by atoms with Gasteiger partial charge in [0, 0.05) is 10.2 Å². The first-order chi connectivity index (χ1) is 12.7. The molecule has 1 N–H and O–H groups in total. The summed E-state index contributed by atoms with van der Waals surface area (Å²) in [7, 11) is 0. The monoisotopic (exact) mass is 402 g/mol. The Kier molecular flexibility index (Phi) is 4.12. The Morgan fingerprint density at radius 3 is 2.59 bits per heavy atom. The third-order valence-electron chi connectivity index (χ3n) is 7.42. The predicted molar refractivity (Wildman–Crippen MR) is 113 cm³/mol. The van der Waals surface area contributed by atoms with Crippen LogP contribution in [0.3, 0.4) is 0 Å². The molecule has 3 nitrogen and oxygen atoms in total. The first kappa shape index (κ1) is 18.0. The van der Waals surface area contributed by atoms with Gasteiger partial charge in [0.15, 0.2) is 0 Å². The summed E-state index contributed by atoms with van der Waals surface area (Å²) in [6, 6.07) is 6.92. The Morgan fingerprint density at radius 1 is 1.19 bits per heavy atom. The van der Waals surface area contributed by atoms with Crippen molar-refractivity contribution >= 4 is 39.7 Å². The van der Waals surface area contributed by atoms with Gasteiger partial charge in [-0.05, 0) is 93.0 Å². The smallest absolute Gasteiger partial charge is 0.261 e. The van der Waals surface area contributed by atoms with E-state index in [9.17, 15) is 4.79 Å². The number of thiophene rings is 1. The van der Waals surface area contributed by atoms with E-state index in [1.807, 2.05) is 0 Å². The quantitative estimate of drug-likeness (QED) is 0.794. The van der Waals surface area contributed by atoms with Gasteiger partial charge in [-0.1, -0.05) is 12.1 Å². The molecule has 2 aromatic rings. The molecule has 2 aliphatic carbocycles. The number of nitrogens with one attached hydrogen (secondary N) is 1. The standard InChI is InChI=1S/C22H26N2OS.ClH/c1-13-2-3-16-12-17(26-19(16)18(13)14-4-5-14)21(25)23-20-15-6-10-24(11-7-15)22(20)8-9-22;/h2-3,12,14-15,20H,4-11H2,1H3,(H,23,25);1H/t20-;/m1./s1. The summed E-state index contributed by atoms with van der Waals surface area (Å²) in [5.74, 6) is 1.57. The lowest BCUT2D eigenvalue weighted by Gasteiger charge is -2.52. The first-order valence-electron chi connectivity index (χ1n) is 10.2. The van der Waals surface area contributed by atoms with Crippen LogP contribution in [0.25, 0.3) is 10.1 Å². The van der Waals surface area contributed by atoms with Gasteiger partial charge in [-0.25, -0.2) is 0 Å². The molecule has 2 bridgehead atoms. The fraction of sp³-hybridized carbons (Fsp3) is 0.591. The van der Waals surface area contributed by atoms with Crippen molar-refractivity contribution in [3.05, 3.63) is 34.2 Å². The molecule has 1 atom stereocenters. The van der Waals surface area contributed by atoms with E-state index in [1.165, 1.54) is 72.8 Å². The fourth-order valence-corrected chi connectivity index (χ4v) is 6.99. The van der Waals surface area contributed by atoms with Crippen LogP contribution in [0.1, 0.15) is 65.2 Å². The number of rotatable bonds is 3. The Bertz CT molecular complexity index is 906. The number of fused-ring (bicyclic) bond motifs is 3. The van der Waals surface area contributed by atoms with Gasteiger partial charge < -0.3 is 5.32 Å². The number of benzene rings is 1. The summed E-state index contributed by atoms with van der Waals surface area (Å²) in [6.07, 6.45) is 7.66. The second-order valence-corrected chi connectivity index (χ2v) is 10.0. The predicted octanol–water partition coefficient (Wildman–Crippen LogP) is 4.87. The third-order valence-corrected chi connectivity index (χ3v) is 8.60. The molecular weight excluding hydrogens is 376 g/mol. The van der Waals surface area contributed by atoms with Crippen LogP contribution in [0.15, 0.2) is 18.2 Å². The van der Waals surface area contributed by atoms with Crippen LogP contribution in [-0.2, 0) is 0 Å². The van der Waals surface area contributed by atoms with Crippen molar-refractivity contribution in [2.75, 3.05) is 13.1 Å². The van der Waals surface area contributed by atoms with E-state index in [0.29, 0.717) is 17.5 Å². The molecular formula is C22H27ClN2OS. The molecule has 1 aromatic carbocycles. The summed E-state index contributed by atoms with van der Waals surface area (Å²) in [5.41, 5.74) is 3.21. The SMILES string of the molecule is Cc1ccc2cc(C(=O)N[C@@H]3C4CCN(CC4)C34CC4)sc2c1C1CC1.Cl. The van der Waals surface area contributed by atoms with Gasteiger partial charge in [0.1, 0.15) is 0 Å². The first-order valence-corrected chi connectivity index (χ1v) is 11.1. The van der Waals surface area contributed by atoms with Crippen molar-refractivity contribution in [2.24, 2.45) is 5.92 Å². The van der Waals surface area contributed by atoms with Crippen LogP contribution in [0.5, 0.6) is 0 Å². The van der Waals surface area contributed by atoms with Crippen molar-refractivity contribution in [1.29, 1.82) is 0 Å². The number of nitrogens with zero attached hydrogens (tertiary/aromatic N) is 1. The zero-order valence-electron chi connectivity index (χ0n) is 15.8. The van der Waals surface area contributed by atoms with Gasteiger partial charge >= 0.3 is 0 Å². The molecule has 5 heteroatoms. The average Bonchev–Trinajstić information content (AvgIpc) is 3.57. The van der Waals surface area contributed by atoms with Crippen LogP contribution in [-0.4, -0.2) is 35.5 Å². The molecule has 7 rings (SSSR count). The van der Waals surface area contributed by atoms with Gasteiger partial charge in [-0.3, -0.25) is 9.69 Å². The lowest BCUT2D eigenvalue weighted by atomic mass is 9.77. The number of carbonyl (C=O) groups is 1. The molecule has 1 amide bonds. The summed E-state index contributed by atoms with van der Waals surface area (Å²) in [4.78, 5) is 16.7. The molecule has 27 heavy (non-hydrogen) atoms. The molecule has 5 fully saturated rings. The van der Waals surface area contributed by atoms with Gasteiger partial charge in [0.2, 0.25) is 0 Å². The second-order valence-electron chi connectivity index (χ2n) is 8.98. The molecule has 1 aromatic heterocycles. The summed E-state index contributed by atoms with van der Waals surface area (Å²) >= 11 is 1.72. The van der Waals surface area contributed by atoms with Crippen LogP contribution >= 0.6 is 23.7 Å². The third kappa shape index (κ3) is 2.67. The van der Waals surface area contributed by atoms with Crippen LogP contribution < -0.4 is 5.32 Å². The number of aryl methyl sites for hydroxylation is 1. The molecule has 3 saturated heterocycles. The van der Waals surface area contributed by atoms with E-state index in [-0.39, 0.29) is 18.3 Å². The zero-order valence-corrected chi connectivity index (χ0v) is 17.4. The minimum Gasteiger partial charge on any atom is -0.346 e. The van der Waals surface area contributed by atoms with E-state index >= 15 is 0 Å². The highest BCUT2D eigenvalue weighted by molar-refractivity contribution is 7.21. The fourth-order valence-electron chi connectivity index (χ4n) is 5.75. The van der Waals surface area contributed by atoms with Crippen LogP contribution in [0.2, 0.25) is 0 Å². The highest BCUT2D eigenvalue weighted by atomic mass is 35.5. The molecule has 3 aliphatic heterocycles. The van der Waals surface area contributed by atoms with Gasteiger partial charge in [0.25, 0.3) is 5.91 Å². The van der Waals surface area contributed by atoms with E-state index in [0.717, 1.165) is 10.8 Å². The summed E-state index contributed by atoms with van der Waals surface area (Å²) in [6.45, 7) is 4.70. The highest BCUT2D eigenvalue weighted by Crippen LogP contribution is 2.54.